The molecule has 0 aliphatic heterocycles. The van der Waals surface area contributed by atoms with Gasteiger partial charge in [0.15, 0.2) is 6.54 Å². The number of nitrogens with one attached hydrogen (secondary N) is 2. The van der Waals surface area contributed by atoms with Crippen LogP contribution in [0.5, 0.6) is 0 Å². The standard InChI is InChI=1S/C18H27N3O2/c1-19-18(23)14-9-11-16(12-10-14)21-17(22)13-20-15-7-5-3-2-4-6-8-15/h9-12,15,20H,2-8,13H2,1H3,(H,19,23)(H,21,22)/p+1. The van der Waals surface area contributed by atoms with Crippen molar-refractivity contribution in [3.8, 4) is 0 Å². The number of carbonyl (C=O) groups is 2. The summed E-state index contributed by atoms with van der Waals surface area (Å²) in [4.78, 5) is 23.5. The smallest absolute Gasteiger partial charge is 0.279 e. The minimum absolute atomic E-state index is 0.0137. The van der Waals surface area contributed by atoms with E-state index in [0.717, 1.165) is 5.69 Å². The first kappa shape index (κ1) is 17.5. The third-order valence-corrected chi connectivity index (χ3v) is 4.44. The van der Waals surface area contributed by atoms with E-state index in [1.54, 1.807) is 31.3 Å². The molecule has 1 aliphatic rings. The molecule has 0 atom stereocenters. The van der Waals surface area contributed by atoms with Gasteiger partial charge < -0.3 is 16.0 Å². The highest BCUT2D eigenvalue weighted by Crippen LogP contribution is 2.15. The van der Waals surface area contributed by atoms with Gasteiger partial charge in [0.2, 0.25) is 0 Å². The zero-order chi connectivity index (χ0) is 16.5. The van der Waals surface area contributed by atoms with Gasteiger partial charge in [0, 0.05) is 18.3 Å². The molecule has 0 saturated heterocycles. The van der Waals surface area contributed by atoms with E-state index in [4.69, 9.17) is 0 Å². The highest BCUT2D eigenvalue weighted by molar-refractivity contribution is 5.95. The molecule has 1 aromatic rings. The Morgan fingerprint density at radius 1 is 1.04 bits per heavy atom. The van der Waals surface area contributed by atoms with Gasteiger partial charge in [-0.2, -0.15) is 0 Å². The van der Waals surface area contributed by atoms with Crippen molar-refractivity contribution in [3.63, 3.8) is 0 Å². The van der Waals surface area contributed by atoms with E-state index in [-0.39, 0.29) is 11.8 Å². The lowest BCUT2D eigenvalue weighted by Gasteiger charge is -2.18. The maximum absolute atomic E-state index is 12.1. The Kier molecular flexibility index (Phi) is 7.07. The number of benzene rings is 1. The molecular weight excluding hydrogens is 290 g/mol. The second kappa shape index (κ2) is 9.30. The first-order valence-corrected chi connectivity index (χ1v) is 8.64. The maximum Gasteiger partial charge on any atom is 0.279 e. The number of amides is 2. The summed E-state index contributed by atoms with van der Waals surface area (Å²) >= 11 is 0. The van der Waals surface area contributed by atoms with Gasteiger partial charge in [-0.15, -0.1) is 0 Å². The number of hydrogen-bond donors (Lipinski definition) is 3. The normalized spacial score (nSPS) is 16.2. The van der Waals surface area contributed by atoms with Gasteiger partial charge in [0.25, 0.3) is 11.8 Å². The fourth-order valence-electron chi connectivity index (χ4n) is 3.06. The van der Waals surface area contributed by atoms with Crippen LogP contribution in [0.2, 0.25) is 0 Å². The van der Waals surface area contributed by atoms with Crippen molar-refractivity contribution in [2.24, 2.45) is 0 Å². The van der Waals surface area contributed by atoms with E-state index in [2.05, 4.69) is 16.0 Å². The van der Waals surface area contributed by atoms with Crippen LogP contribution in [0.25, 0.3) is 0 Å². The summed E-state index contributed by atoms with van der Waals surface area (Å²) in [6.07, 6.45) is 9.01. The van der Waals surface area contributed by atoms with Crippen LogP contribution in [-0.2, 0) is 4.79 Å². The van der Waals surface area contributed by atoms with Gasteiger partial charge in [-0.1, -0.05) is 19.3 Å². The van der Waals surface area contributed by atoms with Crippen LogP contribution in [0.15, 0.2) is 24.3 Å². The maximum atomic E-state index is 12.1. The highest BCUT2D eigenvalue weighted by Gasteiger charge is 2.15. The van der Waals surface area contributed by atoms with Gasteiger partial charge in [0.05, 0.1) is 6.04 Å². The summed E-state index contributed by atoms with van der Waals surface area (Å²) in [7, 11) is 1.60. The summed E-state index contributed by atoms with van der Waals surface area (Å²) < 4.78 is 0. The molecule has 1 fully saturated rings. The monoisotopic (exact) mass is 318 g/mol. The van der Waals surface area contributed by atoms with Crippen molar-refractivity contribution in [3.05, 3.63) is 29.8 Å². The number of quaternary nitrogens is 1. The van der Waals surface area contributed by atoms with Gasteiger partial charge >= 0.3 is 0 Å². The predicted molar refractivity (Wildman–Crippen MR) is 91.4 cm³/mol. The van der Waals surface area contributed by atoms with Crippen LogP contribution in [0.4, 0.5) is 5.69 Å². The Morgan fingerprint density at radius 3 is 2.26 bits per heavy atom. The number of nitrogens with two attached hydrogens (primary N) is 1. The van der Waals surface area contributed by atoms with Gasteiger partial charge in [-0.05, 0) is 49.9 Å². The van der Waals surface area contributed by atoms with E-state index in [0.29, 0.717) is 18.2 Å². The van der Waals surface area contributed by atoms with Crippen LogP contribution in [0.3, 0.4) is 0 Å². The van der Waals surface area contributed by atoms with E-state index in [1.165, 1.54) is 44.9 Å². The van der Waals surface area contributed by atoms with E-state index < -0.39 is 0 Å². The Hall–Kier alpha value is -1.88. The Labute approximate surface area is 138 Å². The fraction of sp³-hybridized carbons (Fsp3) is 0.556. The Balaban J connectivity index is 1.76. The molecule has 126 valence electrons. The first-order valence-electron chi connectivity index (χ1n) is 8.64. The molecule has 2 amide bonds. The third kappa shape index (κ3) is 6.02. The fourth-order valence-corrected chi connectivity index (χ4v) is 3.06. The topological polar surface area (TPSA) is 74.8 Å². The summed E-state index contributed by atoms with van der Waals surface area (Å²) in [6, 6.07) is 7.54. The van der Waals surface area contributed by atoms with Crippen LogP contribution >= 0.6 is 0 Å². The van der Waals surface area contributed by atoms with E-state index in [9.17, 15) is 9.59 Å². The molecule has 23 heavy (non-hydrogen) atoms. The van der Waals surface area contributed by atoms with Crippen molar-refractivity contribution in [1.29, 1.82) is 0 Å². The molecule has 0 bridgehead atoms. The number of anilines is 1. The molecule has 0 aromatic heterocycles. The van der Waals surface area contributed by atoms with Crippen molar-refractivity contribution in [2.45, 2.75) is 51.0 Å². The third-order valence-electron chi connectivity index (χ3n) is 4.44. The lowest BCUT2D eigenvalue weighted by Crippen LogP contribution is -2.91. The Bertz CT molecular complexity index is 506. The molecule has 0 unspecified atom stereocenters. The first-order chi connectivity index (χ1) is 11.2. The number of hydrogen-bond acceptors (Lipinski definition) is 2. The lowest BCUT2D eigenvalue weighted by atomic mass is 9.97. The average molecular weight is 318 g/mol. The molecule has 0 radical (unpaired) electrons. The molecule has 1 saturated carbocycles. The van der Waals surface area contributed by atoms with Crippen molar-refractivity contribution >= 4 is 17.5 Å². The second-order valence-corrected chi connectivity index (χ2v) is 6.25. The summed E-state index contributed by atoms with van der Waals surface area (Å²) in [5.41, 5.74) is 1.32. The highest BCUT2D eigenvalue weighted by atomic mass is 16.2. The number of rotatable bonds is 5. The van der Waals surface area contributed by atoms with Gasteiger partial charge in [-0.25, -0.2) is 0 Å². The molecule has 0 spiro atoms. The van der Waals surface area contributed by atoms with Crippen LogP contribution < -0.4 is 16.0 Å². The van der Waals surface area contributed by atoms with Gasteiger partial charge in [0.1, 0.15) is 0 Å². The van der Waals surface area contributed by atoms with Crippen molar-refractivity contribution < 1.29 is 14.9 Å². The zero-order valence-corrected chi connectivity index (χ0v) is 13.9. The van der Waals surface area contributed by atoms with E-state index in [1.807, 2.05) is 0 Å². The minimum atomic E-state index is -0.125. The molecule has 1 aliphatic carbocycles. The minimum Gasteiger partial charge on any atom is -0.355 e. The quantitative estimate of drug-likeness (QED) is 0.772. The van der Waals surface area contributed by atoms with Crippen LogP contribution in [0, 0.1) is 0 Å². The summed E-state index contributed by atoms with van der Waals surface area (Å²) in [5, 5.41) is 7.65. The summed E-state index contributed by atoms with van der Waals surface area (Å²) in [5.74, 6) is -0.111. The predicted octanol–water partition coefficient (Wildman–Crippen LogP) is 1.66. The molecule has 5 nitrogen and oxygen atoms in total. The van der Waals surface area contributed by atoms with Crippen molar-refractivity contribution in [1.82, 2.24) is 5.32 Å². The molecule has 1 aromatic carbocycles. The Morgan fingerprint density at radius 2 is 1.65 bits per heavy atom. The van der Waals surface area contributed by atoms with Crippen LogP contribution in [0.1, 0.15) is 55.3 Å². The molecule has 4 N–H and O–H groups in total. The second-order valence-electron chi connectivity index (χ2n) is 6.25. The molecular formula is C18H28N3O2+. The molecule has 5 heteroatoms. The number of carbonyl (C=O) groups excluding carboxylic acids is 2. The zero-order valence-electron chi connectivity index (χ0n) is 13.9. The van der Waals surface area contributed by atoms with E-state index >= 15 is 0 Å². The SMILES string of the molecule is CNC(=O)c1ccc(NC(=O)C[NH2+]C2CCCCCCC2)cc1. The average Bonchev–Trinajstić information content (AvgIpc) is 2.54. The van der Waals surface area contributed by atoms with Gasteiger partial charge in [-0.3, -0.25) is 9.59 Å². The van der Waals surface area contributed by atoms with Crippen LogP contribution in [-0.4, -0.2) is 31.4 Å². The molecule has 0 heterocycles. The summed E-state index contributed by atoms with van der Waals surface area (Å²) in [6.45, 7) is 0.460. The lowest BCUT2D eigenvalue weighted by molar-refractivity contribution is -0.680. The van der Waals surface area contributed by atoms with Crippen molar-refractivity contribution in [2.75, 3.05) is 18.9 Å². The largest absolute Gasteiger partial charge is 0.355 e. The molecule has 2 rings (SSSR count).